The Hall–Kier alpha value is -2.57. The standard InChI is InChI=1S/C24H27N3O2S/c1-3-19-7-9-20(10-8-19)30(28,29)26-15-12-24(13-16-26)23-5-4-14-27(23)22-11-6-18(2)17-21(22)25-24/h4-11,14,17,25H,3,12-13,15-16H2,1-2H3. The summed E-state index contributed by atoms with van der Waals surface area (Å²) in [6.07, 6.45) is 4.47. The van der Waals surface area contributed by atoms with Gasteiger partial charge in [0.15, 0.2) is 0 Å². The Bertz CT molecular complexity index is 1190. The summed E-state index contributed by atoms with van der Waals surface area (Å²) in [5.74, 6) is 0. The molecule has 1 fully saturated rings. The number of fused-ring (bicyclic) bond motifs is 4. The van der Waals surface area contributed by atoms with Crippen molar-refractivity contribution in [3.05, 3.63) is 77.6 Å². The second-order valence-electron chi connectivity index (χ2n) is 8.39. The quantitative estimate of drug-likeness (QED) is 0.680. The van der Waals surface area contributed by atoms with Gasteiger partial charge in [-0.15, -0.1) is 0 Å². The van der Waals surface area contributed by atoms with Gasteiger partial charge in [0.1, 0.15) is 0 Å². The van der Waals surface area contributed by atoms with Gasteiger partial charge in [-0.3, -0.25) is 0 Å². The maximum atomic E-state index is 13.2. The number of aromatic nitrogens is 1. The molecule has 30 heavy (non-hydrogen) atoms. The van der Waals surface area contributed by atoms with Crippen molar-refractivity contribution >= 4 is 15.7 Å². The number of hydrogen-bond acceptors (Lipinski definition) is 3. The van der Waals surface area contributed by atoms with E-state index < -0.39 is 10.0 Å². The normalized spacial score (nSPS) is 17.9. The number of rotatable bonds is 3. The molecule has 1 saturated heterocycles. The fourth-order valence-corrected chi connectivity index (χ4v) is 6.24. The SMILES string of the molecule is CCc1ccc(S(=O)(=O)N2CCC3(CC2)Nc2cc(C)ccc2-n2cccc23)cc1. The van der Waals surface area contributed by atoms with Gasteiger partial charge in [-0.1, -0.05) is 25.1 Å². The van der Waals surface area contributed by atoms with E-state index in [9.17, 15) is 8.42 Å². The smallest absolute Gasteiger partial charge is 0.243 e. The van der Waals surface area contributed by atoms with Gasteiger partial charge in [-0.25, -0.2) is 8.42 Å². The fourth-order valence-electron chi connectivity index (χ4n) is 4.80. The van der Waals surface area contributed by atoms with Crippen LogP contribution in [0.3, 0.4) is 0 Å². The molecule has 0 amide bonds. The third-order valence-electron chi connectivity index (χ3n) is 6.57. The summed E-state index contributed by atoms with van der Waals surface area (Å²) in [5.41, 5.74) is 5.59. The summed E-state index contributed by atoms with van der Waals surface area (Å²) in [5, 5.41) is 3.78. The molecule has 5 rings (SSSR count). The highest BCUT2D eigenvalue weighted by molar-refractivity contribution is 7.89. The molecule has 0 radical (unpaired) electrons. The third-order valence-corrected chi connectivity index (χ3v) is 8.48. The Labute approximate surface area is 178 Å². The van der Waals surface area contributed by atoms with Crippen LogP contribution >= 0.6 is 0 Å². The number of anilines is 1. The number of nitrogens with zero attached hydrogens (tertiary/aromatic N) is 2. The minimum absolute atomic E-state index is 0.248. The summed E-state index contributed by atoms with van der Waals surface area (Å²) in [7, 11) is -3.47. The summed E-state index contributed by atoms with van der Waals surface area (Å²) in [6, 6.07) is 18.0. The van der Waals surface area contributed by atoms with Gasteiger partial charge in [-0.2, -0.15) is 4.31 Å². The second-order valence-corrected chi connectivity index (χ2v) is 10.3. The summed E-state index contributed by atoms with van der Waals surface area (Å²) < 4.78 is 30.3. The van der Waals surface area contributed by atoms with Gasteiger partial charge in [0, 0.05) is 25.0 Å². The minimum atomic E-state index is -3.47. The van der Waals surface area contributed by atoms with E-state index >= 15 is 0 Å². The molecule has 0 saturated carbocycles. The lowest BCUT2D eigenvalue weighted by Crippen LogP contribution is -2.51. The van der Waals surface area contributed by atoms with Crippen molar-refractivity contribution < 1.29 is 8.42 Å². The number of aryl methyl sites for hydroxylation is 2. The molecule has 3 heterocycles. The molecule has 5 nitrogen and oxygen atoms in total. The first-order valence-corrected chi connectivity index (χ1v) is 12.0. The zero-order valence-electron chi connectivity index (χ0n) is 17.4. The van der Waals surface area contributed by atoms with E-state index in [1.807, 2.05) is 12.1 Å². The third kappa shape index (κ3) is 2.97. The van der Waals surface area contributed by atoms with Crippen molar-refractivity contribution in [1.29, 1.82) is 0 Å². The maximum absolute atomic E-state index is 13.2. The van der Waals surface area contributed by atoms with Gasteiger partial charge < -0.3 is 9.88 Å². The van der Waals surface area contributed by atoms with Crippen molar-refractivity contribution in [3.63, 3.8) is 0 Å². The average Bonchev–Trinajstić information content (AvgIpc) is 3.25. The van der Waals surface area contributed by atoms with Crippen LogP contribution in [-0.4, -0.2) is 30.4 Å². The molecule has 1 N–H and O–H groups in total. The Balaban J connectivity index is 1.43. The van der Waals surface area contributed by atoms with Crippen molar-refractivity contribution in [1.82, 2.24) is 8.87 Å². The summed E-state index contributed by atoms with van der Waals surface area (Å²) in [6.45, 7) is 5.16. The average molecular weight is 422 g/mol. The van der Waals surface area contributed by atoms with E-state index in [1.165, 1.54) is 11.3 Å². The Morgan fingerprint density at radius 1 is 1.03 bits per heavy atom. The highest BCUT2D eigenvalue weighted by atomic mass is 32.2. The van der Waals surface area contributed by atoms with Gasteiger partial charge in [0.05, 0.1) is 21.8 Å². The Kier molecular flexibility index (Phi) is 4.52. The monoisotopic (exact) mass is 421 g/mol. The molecule has 2 aliphatic rings. The predicted octanol–water partition coefficient (Wildman–Crippen LogP) is 4.45. The molecule has 1 spiro atoms. The van der Waals surface area contributed by atoms with Crippen molar-refractivity contribution in [2.45, 2.75) is 43.5 Å². The summed E-state index contributed by atoms with van der Waals surface area (Å²) in [4.78, 5) is 0.386. The van der Waals surface area contributed by atoms with Crippen LogP contribution in [-0.2, 0) is 22.0 Å². The van der Waals surface area contributed by atoms with Crippen molar-refractivity contribution in [2.75, 3.05) is 18.4 Å². The molecule has 0 bridgehead atoms. The van der Waals surface area contributed by atoms with Crippen LogP contribution < -0.4 is 5.32 Å². The zero-order chi connectivity index (χ0) is 20.9. The van der Waals surface area contributed by atoms with Crippen LogP contribution in [0.4, 0.5) is 5.69 Å². The molecule has 0 unspecified atom stereocenters. The van der Waals surface area contributed by atoms with Gasteiger partial charge in [0.2, 0.25) is 10.0 Å². The number of nitrogens with one attached hydrogen (secondary N) is 1. The zero-order valence-corrected chi connectivity index (χ0v) is 18.2. The van der Waals surface area contributed by atoms with E-state index in [0.717, 1.165) is 36.2 Å². The molecule has 0 aliphatic carbocycles. The van der Waals surface area contributed by atoms with Crippen molar-refractivity contribution in [2.24, 2.45) is 0 Å². The van der Waals surface area contributed by atoms with Crippen LogP contribution in [0.2, 0.25) is 0 Å². The van der Waals surface area contributed by atoms with Gasteiger partial charge in [0.25, 0.3) is 0 Å². The number of benzene rings is 2. The van der Waals surface area contributed by atoms with E-state index in [4.69, 9.17) is 0 Å². The lowest BCUT2D eigenvalue weighted by atomic mass is 9.83. The van der Waals surface area contributed by atoms with Crippen LogP contribution in [0.25, 0.3) is 5.69 Å². The van der Waals surface area contributed by atoms with Crippen LogP contribution in [0.1, 0.15) is 36.6 Å². The van der Waals surface area contributed by atoms with Crippen molar-refractivity contribution in [3.8, 4) is 5.69 Å². The van der Waals surface area contributed by atoms with E-state index in [0.29, 0.717) is 18.0 Å². The topological polar surface area (TPSA) is 54.3 Å². The highest BCUT2D eigenvalue weighted by Gasteiger charge is 2.43. The van der Waals surface area contributed by atoms with Crippen LogP contribution in [0.15, 0.2) is 65.7 Å². The molecule has 6 heteroatoms. The second kappa shape index (κ2) is 7.00. The fraction of sp³-hybridized carbons (Fsp3) is 0.333. The first-order chi connectivity index (χ1) is 14.4. The first-order valence-electron chi connectivity index (χ1n) is 10.6. The molecule has 2 aromatic carbocycles. The minimum Gasteiger partial charge on any atom is -0.372 e. The van der Waals surface area contributed by atoms with E-state index in [1.54, 1.807) is 16.4 Å². The highest BCUT2D eigenvalue weighted by Crippen LogP contribution is 2.44. The summed E-state index contributed by atoms with van der Waals surface area (Å²) >= 11 is 0. The molecule has 2 aliphatic heterocycles. The first kappa shape index (κ1) is 19.4. The molecule has 0 atom stereocenters. The van der Waals surface area contributed by atoms with Crippen LogP contribution in [0.5, 0.6) is 0 Å². The van der Waals surface area contributed by atoms with E-state index in [-0.39, 0.29) is 5.54 Å². The van der Waals surface area contributed by atoms with Gasteiger partial charge in [-0.05, 0) is 73.7 Å². The lowest BCUT2D eigenvalue weighted by Gasteiger charge is -2.46. The maximum Gasteiger partial charge on any atom is 0.243 e. The van der Waals surface area contributed by atoms with Crippen LogP contribution in [0, 0.1) is 6.92 Å². The molecule has 3 aromatic rings. The Morgan fingerprint density at radius 3 is 2.47 bits per heavy atom. The number of hydrogen-bond donors (Lipinski definition) is 1. The molecular formula is C24H27N3O2S. The molecule has 156 valence electrons. The molecule has 1 aromatic heterocycles. The molecular weight excluding hydrogens is 394 g/mol. The predicted molar refractivity (Wildman–Crippen MR) is 120 cm³/mol. The number of sulfonamides is 1. The Morgan fingerprint density at radius 2 is 1.77 bits per heavy atom. The largest absolute Gasteiger partial charge is 0.372 e. The van der Waals surface area contributed by atoms with Gasteiger partial charge >= 0.3 is 0 Å². The number of piperidine rings is 1. The van der Waals surface area contributed by atoms with E-state index in [2.05, 4.69) is 60.3 Å². The lowest BCUT2D eigenvalue weighted by molar-refractivity contribution is 0.247.